The van der Waals surface area contributed by atoms with E-state index < -0.39 is 0 Å². The van der Waals surface area contributed by atoms with Gasteiger partial charge in [0.2, 0.25) is 0 Å². The van der Waals surface area contributed by atoms with Gasteiger partial charge in [0.05, 0.1) is 0 Å². The molecule has 0 saturated carbocycles. The normalized spacial score (nSPS) is 16.9. The van der Waals surface area contributed by atoms with Gasteiger partial charge in [0.15, 0.2) is 5.82 Å². The van der Waals surface area contributed by atoms with Gasteiger partial charge in [-0.2, -0.15) is 4.98 Å². The Labute approximate surface area is 113 Å². The molecule has 0 radical (unpaired) electrons. The third kappa shape index (κ3) is 2.44. The highest BCUT2D eigenvalue weighted by Crippen LogP contribution is 2.25. The van der Waals surface area contributed by atoms with Crippen LogP contribution in [0.1, 0.15) is 24.6 Å². The maximum atomic E-state index is 5.28. The molecule has 1 aliphatic rings. The van der Waals surface area contributed by atoms with E-state index in [1.807, 2.05) is 12.1 Å². The summed E-state index contributed by atoms with van der Waals surface area (Å²) in [6.45, 7) is 2.04. The average Bonchev–Trinajstić information content (AvgIpc) is 2.90. The lowest BCUT2D eigenvalue weighted by atomic mass is 9.98. The smallest absolute Gasteiger partial charge is 0.276 e. The Morgan fingerprint density at radius 3 is 2.83 bits per heavy atom. The second-order valence-electron chi connectivity index (χ2n) is 4.34. The zero-order valence-electron chi connectivity index (χ0n) is 9.77. The van der Waals surface area contributed by atoms with Gasteiger partial charge >= 0.3 is 0 Å². The Bertz CT molecular complexity index is 519. The predicted octanol–water partition coefficient (Wildman–Crippen LogP) is 2.36. The summed E-state index contributed by atoms with van der Waals surface area (Å²) in [7, 11) is 0. The van der Waals surface area contributed by atoms with E-state index in [0.29, 0.717) is 17.5 Å². The molecular weight excluding hydrogens is 296 g/mol. The molecule has 2 aromatic heterocycles. The van der Waals surface area contributed by atoms with Crippen LogP contribution in [-0.2, 0) is 0 Å². The molecule has 1 saturated heterocycles. The second-order valence-corrected chi connectivity index (χ2v) is 5.26. The highest BCUT2D eigenvalue weighted by Gasteiger charge is 2.21. The first kappa shape index (κ1) is 11.8. The van der Waals surface area contributed by atoms with Crippen LogP contribution >= 0.6 is 15.9 Å². The maximum absolute atomic E-state index is 5.28. The van der Waals surface area contributed by atoms with E-state index in [1.54, 1.807) is 6.20 Å². The Kier molecular flexibility index (Phi) is 3.38. The van der Waals surface area contributed by atoms with E-state index in [9.17, 15) is 0 Å². The van der Waals surface area contributed by atoms with Crippen molar-refractivity contribution >= 4 is 15.9 Å². The third-order valence-electron chi connectivity index (χ3n) is 3.09. The molecule has 0 spiro atoms. The van der Waals surface area contributed by atoms with Crippen molar-refractivity contribution in [1.82, 2.24) is 20.4 Å². The molecule has 0 bridgehead atoms. The Morgan fingerprint density at radius 1 is 1.28 bits per heavy atom. The van der Waals surface area contributed by atoms with Crippen molar-refractivity contribution < 1.29 is 4.52 Å². The monoisotopic (exact) mass is 308 g/mol. The van der Waals surface area contributed by atoms with Crippen LogP contribution in [0.2, 0.25) is 0 Å². The minimum atomic E-state index is 0.402. The fourth-order valence-corrected chi connectivity index (χ4v) is 2.32. The number of nitrogens with one attached hydrogen (secondary N) is 1. The summed E-state index contributed by atoms with van der Waals surface area (Å²) < 4.78 is 6.22. The van der Waals surface area contributed by atoms with Gasteiger partial charge in [0, 0.05) is 16.6 Å². The van der Waals surface area contributed by atoms with E-state index in [2.05, 4.69) is 36.4 Å². The Hall–Kier alpha value is -1.27. The zero-order valence-corrected chi connectivity index (χ0v) is 11.4. The molecule has 0 amide bonds. The molecule has 3 heterocycles. The van der Waals surface area contributed by atoms with E-state index in [-0.39, 0.29) is 0 Å². The van der Waals surface area contributed by atoms with E-state index in [0.717, 1.165) is 36.2 Å². The summed E-state index contributed by atoms with van der Waals surface area (Å²) >= 11 is 3.35. The highest BCUT2D eigenvalue weighted by molar-refractivity contribution is 9.10. The minimum Gasteiger partial charge on any atom is -0.332 e. The summed E-state index contributed by atoms with van der Waals surface area (Å²) in [6.07, 6.45) is 3.85. The first-order chi connectivity index (χ1) is 8.83. The molecule has 1 fully saturated rings. The van der Waals surface area contributed by atoms with Gasteiger partial charge in [-0.3, -0.25) is 0 Å². The van der Waals surface area contributed by atoms with Crippen molar-refractivity contribution in [2.24, 2.45) is 0 Å². The SMILES string of the molecule is Brc1ccc(-c2nc(C3CCNCC3)no2)nc1. The zero-order chi connectivity index (χ0) is 12.4. The molecule has 3 rings (SSSR count). The lowest BCUT2D eigenvalue weighted by molar-refractivity contribution is 0.391. The third-order valence-corrected chi connectivity index (χ3v) is 3.56. The van der Waals surface area contributed by atoms with Gasteiger partial charge in [-0.05, 0) is 54.0 Å². The molecule has 1 N–H and O–H groups in total. The number of nitrogens with zero attached hydrogens (tertiary/aromatic N) is 3. The summed E-state index contributed by atoms with van der Waals surface area (Å²) in [5.74, 6) is 1.70. The number of pyridine rings is 1. The molecule has 0 aromatic carbocycles. The summed E-state index contributed by atoms with van der Waals surface area (Å²) in [5.41, 5.74) is 0.714. The molecule has 94 valence electrons. The summed E-state index contributed by atoms with van der Waals surface area (Å²) in [6, 6.07) is 3.78. The van der Waals surface area contributed by atoms with Crippen LogP contribution in [0.25, 0.3) is 11.6 Å². The van der Waals surface area contributed by atoms with Crippen LogP contribution in [0.5, 0.6) is 0 Å². The van der Waals surface area contributed by atoms with Crippen LogP contribution in [0.15, 0.2) is 27.3 Å². The van der Waals surface area contributed by atoms with Crippen LogP contribution < -0.4 is 5.32 Å². The van der Waals surface area contributed by atoms with Crippen LogP contribution in [0, 0.1) is 0 Å². The summed E-state index contributed by atoms with van der Waals surface area (Å²) in [5, 5.41) is 7.40. The van der Waals surface area contributed by atoms with Crippen molar-refractivity contribution in [3.63, 3.8) is 0 Å². The minimum absolute atomic E-state index is 0.402. The first-order valence-corrected chi connectivity index (χ1v) is 6.78. The standard InChI is InChI=1S/C12H13BrN4O/c13-9-1-2-10(15-7-9)12-16-11(17-18-12)8-3-5-14-6-4-8/h1-2,7-8,14H,3-6H2. The number of rotatable bonds is 2. The molecule has 0 aliphatic carbocycles. The Balaban J connectivity index is 1.82. The van der Waals surface area contributed by atoms with Crippen molar-refractivity contribution in [2.75, 3.05) is 13.1 Å². The predicted molar refractivity (Wildman–Crippen MR) is 70.1 cm³/mol. The molecule has 18 heavy (non-hydrogen) atoms. The molecule has 6 heteroatoms. The Morgan fingerprint density at radius 2 is 2.11 bits per heavy atom. The quantitative estimate of drug-likeness (QED) is 0.922. The van der Waals surface area contributed by atoms with Crippen molar-refractivity contribution in [3.05, 3.63) is 28.6 Å². The van der Waals surface area contributed by atoms with Gasteiger partial charge in [-0.25, -0.2) is 4.98 Å². The lowest BCUT2D eigenvalue weighted by Gasteiger charge is -2.18. The molecular formula is C12H13BrN4O. The van der Waals surface area contributed by atoms with Crippen molar-refractivity contribution in [1.29, 1.82) is 0 Å². The number of piperidine rings is 1. The van der Waals surface area contributed by atoms with Crippen LogP contribution in [0.3, 0.4) is 0 Å². The van der Waals surface area contributed by atoms with E-state index in [1.165, 1.54) is 0 Å². The fourth-order valence-electron chi connectivity index (χ4n) is 2.09. The molecule has 5 nitrogen and oxygen atoms in total. The van der Waals surface area contributed by atoms with Crippen LogP contribution in [0.4, 0.5) is 0 Å². The van der Waals surface area contributed by atoms with E-state index in [4.69, 9.17) is 4.52 Å². The number of hydrogen-bond acceptors (Lipinski definition) is 5. The van der Waals surface area contributed by atoms with E-state index >= 15 is 0 Å². The van der Waals surface area contributed by atoms with Gasteiger partial charge in [0.25, 0.3) is 5.89 Å². The number of halogens is 1. The van der Waals surface area contributed by atoms with Crippen molar-refractivity contribution in [2.45, 2.75) is 18.8 Å². The maximum Gasteiger partial charge on any atom is 0.276 e. The highest BCUT2D eigenvalue weighted by atomic mass is 79.9. The molecule has 0 atom stereocenters. The number of hydrogen-bond donors (Lipinski definition) is 1. The topological polar surface area (TPSA) is 63.8 Å². The lowest BCUT2D eigenvalue weighted by Crippen LogP contribution is -2.27. The molecule has 2 aromatic rings. The number of aromatic nitrogens is 3. The second kappa shape index (κ2) is 5.16. The van der Waals surface area contributed by atoms with Gasteiger partial charge in [-0.1, -0.05) is 5.16 Å². The molecule has 0 unspecified atom stereocenters. The summed E-state index contributed by atoms with van der Waals surface area (Å²) in [4.78, 5) is 8.70. The largest absolute Gasteiger partial charge is 0.332 e. The fraction of sp³-hybridized carbons (Fsp3) is 0.417. The van der Waals surface area contributed by atoms with Crippen LogP contribution in [-0.4, -0.2) is 28.2 Å². The average molecular weight is 309 g/mol. The first-order valence-electron chi connectivity index (χ1n) is 5.99. The van der Waals surface area contributed by atoms with Gasteiger partial charge < -0.3 is 9.84 Å². The van der Waals surface area contributed by atoms with Crippen molar-refractivity contribution in [3.8, 4) is 11.6 Å². The van der Waals surface area contributed by atoms with Gasteiger partial charge in [0.1, 0.15) is 5.69 Å². The molecule has 1 aliphatic heterocycles. The van der Waals surface area contributed by atoms with Gasteiger partial charge in [-0.15, -0.1) is 0 Å².